The van der Waals surface area contributed by atoms with E-state index in [2.05, 4.69) is 28.3 Å². The number of aromatic nitrogens is 2. The van der Waals surface area contributed by atoms with Gasteiger partial charge < -0.3 is 5.32 Å². The van der Waals surface area contributed by atoms with Crippen molar-refractivity contribution < 1.29 is 0 Å². The highest BCUT2D eigenvalue weighted by Gasteiger charge is 2.14. The van der Waals surface area contributed by atoms with Crippen molar-refractivity contribution in [3.8, 4) is 0 Å². The molecule has 3 rings (SSSR count). The Kier molecular flexibility index (Phi) is 4.41. The van der Waals surface area contributed by atoms with Gasteiger partial charge in [0.2, 0.25) is 5.95 Å². The molecular formula is C15H20ClN3S. The lowest BCUT2D eigenvalue weighted by Crippen LogP contribution is -2.21. The SMILES string of the molecule is Cc1cc2c(Cl)nc(NC3CCCCCCC3)nc2s1. The molecule has 1 N–H and O–H groups in total. The van der Waals surface area contributed by atoms with Gasteiger partial charge in [0.05, 0.1) is 0 Å². The molecule has 0 spiro atoms. The summed E-state index contributed by atoms with van der Waals surface area (Å²) < 4.78 is 0. The van der Waals surface area contributed by atoms with Crippen LogP contribution in [0, 0.1) is 6.92 Å². The number of aryl methyl sites for hydroxylation is 1. The number of nitrogens with zero attached hydrogens (tertiary/aromatic N) is 2. The minimum absolute atomic E-state index is 0.491. The molecule has 0 atom stereocenters. The third-order valence-electron chi connectivity index (χ3n) is 3.91. The number of rotatable bonds is 2. The number of halogens is 1. The number of fused-ring (bicyclic) bond motifs is 1. The monoisotopic (exact) mass is 309 g/mol. The van der Waals surface area contributed by atoms with E-state index in [9.17, 15) is 0 Å². The van der Waals surface area contributed by atoms with Gasteiger partial charge in [-0.15, -0.1) is 11.3 Å². The van der Waals surface area contributed by atoms with Crippen molar-refractivity contribution in [1.29, 1.82) is 0 Å². The first kappa shape index (κ1) is 14.1. The van der Waals surface area contributed by atoms with Gasteiger partial charge >= 0.3 is 0 Å². The van der Waals surface area contributed by atoms with Crippen LogP contribution in [0.1, 0.15) is 49.8 Å². The van der Waals surface area contributed by atoms with E-state index in [1.807, 2.05) is 0 Å². The number of hydrogen-bond donors (Lipinski definition) is 1. The molecule has 1 aliphatic carbocycles. The summed E-state index contributed by atoms with van der Waals surface area (Å²) in [7, 11) is 0. The zero-order chi connectivity index (χ0) is 13.9. The molecule has 1 aliphatic rings. The fraction of sp³-hybridized carbons (Fsp3) is 0.600. The van der Waals surface area contributed by atoms with Gasteiger partial charge in [-0.25, -0.2) is 9.97 Å². The Morgan fingerprint density at radius 1 is 1.15 bits per heavy atom. The lowest BCUT2D eigenvalue weighted by Gasteiger charge is -2.21. The quantitative estimate of drug-likeness (QED) is 0.777. The van der Waals surface area contributed by atoms with Crippen LogP contribution in [0.25, 0.3) is 10.2 Å². The van der Waals surface area contributed by atoms with Crippen LogP contribution in [0.3, 0.4) is 0 Å². The van der Waals surface area contributed by atoms with Crippen molar-refractivity contribution in [3.63, 3.8) is 0 Å². The molecule has 2 heterocycles. The third-order valence-corrected chi connectivity index (χ3v) is 5.14. The minimum Gasteiger partial charge on any atom is -0.351 e. The van der Waals surface area contributed by atoms with E-state index in [1.54, 1.807) is 11.3 Å². The second kappa shape index (κ2) is 6.27. The summed E-state index contributed by atoms with van der Waals surface area (Å²) in [5.41, 5.74) is 0. The molecule has 0 amide bonds. The van der Waals surface area contributed by atoms with Crippen LogP contribution in [-0.4, -0.2) is 16.0 Å². The fourth-order valence-electron chi connectivity index (χ4n) is 2.85. The van der Waals surface area contributed by atoms with Crippen LogP contribution in [0.15, 0.2) is 6.07 Å². The van der Waals surface area contributed by atoms with E-state index in [0.29, 0.717) is 17.1 Å². The maximum absolute atomic E-state index is 6.27. The number of thiophene rings is 1. The van der Waals surface area contributed by atoms with E-state index < -0.39 is 0 Å². The molecule has 108 valence electrons. The molecule has 0 unspecified atom stereocenters. The molecule has 3 nitrogen and oxygen atoms in total. The van der Waals surface area contributed by atoms with Crippen molar-refractivity contribution in [2.24, 2.45) is 0 Å². The molecule has 5 heteroatoms. The lowest BCUT2D eigenvalue weighted by atomic mass is 9.97. The first-order valence-corrected chi connectivity index (χ1v) is 8.62. The molecule has 0 aliphatic heterocycles. The average Bonchev–Trinajstić information content (AvgIpc) is 2.73. The van der Waals surface area contributed by atoms with Gasteiger partial charge in [0, 0.05) is 16.3 Å². The van der Waals surface area contributed by atoms with E-state index in [1.165, 1.54) is 49.8 Å². The maximum atomic E-state index is 6.27. The molecule has 1 fully saturated rings. The Balaban J connectivity index is 1.79. The van der Waals surface area contributed by atoms with Crippen LogP contribution in [0.2, 0.25) is 5.15 Å². The Morgan fingerprint density at radius 3 is 2.60 bits per heavy atom. The summed E-state index contributed by atoms with van der Waals surface area (Å²) in [6.07, 6.45) is 9.10. The highest BCUT2D eigenvalue weighted by atomic mass is 35.5. The summed E-state index contributed by atoms with van der Waals surface area (Å²) >= 11 is 7.94. The molecule has 0 aromatic carbocycles. The van der Waals surface area contributed by atoms with E-state index in [-0.39, 0.29) is 0 Å². The third kappa shape index (κ3) is 3.23. The van der Waals surface area contributed by atoms with Gasteiger partial charge in [-0.1, -0.05) is 43.7 Å². The van der Waals surface area contributed by atoms with Crippen molar-refractivity contribution in [3.05, 3.63) is 16.1 Å². The Bertz CT molecular complexity index is 588. The van der Waals surface area contributed by atoms with Gasteiger partial charge in [0.1, 0.15) is 9.98 Å². The van der Waals surface area contributed by atoms with Gasteiger partial charge in [-0.2, -0.15) is 0 Å². The highest BCUT2D eigenvalue weighted by Crippen LogP contribution is 2.30. The Labute approximate surface area is 128 Å². The number of nitrogens with one attached hydrogen (secondary N) is 1. The van der Waals surface area contributed by atoms with Gasteiger partial charge in [-0.05, 0) is 25.8 Å². The van der Waals surface area contributed by atoms with Crippen molar-refractivity contribution in [1.82, 2.24) is 9.97 Å². The Morgan fingerprint density at radius 2 is 1.85 bits per heavy atom. The normalized spacial score (nSPS) is 17.9. The van der Waals surface area contributed by atoms with Gasteiger partial charge in [0.15, 0.2) is 0 Å². The first-order valence-electron chi connectivity index (χ1n) is 7.42. The van der Waals surface area contributed by atoms with Crippen molar-refractivity contribution in [2.75, 3.05) is 5.32 Å². The van der Waals surface area contributed by atoms with Crippen LogP contribution in [0.4, 0.5) is 5.95 Å². The van der Waals surface area contributed by atoms with Crippen molar-refractivity contribution >= 4 is 39.1 Å². The predicted molar refractivity (Wildman–Crippen MR) is 86.9 cm³/mol. The van der Waals surface area contributed by atoms with Crippen LogP contribution in [0.5, 0.6) is 0 Å². The highest BCUT2D eigenvalue weighted by molar-refractivity contribution is 7.18. The molecule has 0 saturated heterocycles. The standard InChI is InChI=1S/C15H20ClN3S/c1-10-9-12-13(16)18-15(19-14(12)20-10)17-11-7-5-3-2-4-6-8-11/h9,11H,2-8H2,1H3,(H,17,18,19). The molecule has 1 saturated carbocycles. The average molecular weight is 310 g/mol. The second-order valence-corrected chi connectivity index (χ2v) is 7.19. The van der Waals surface area contributed by atoms with Gasteiger partial charge in [0.25, 0.3) is 0 Å². The molecule has 0 bridgehead atoms. The molecule has 0 radical (unpaired) electrons. The lowest BCUT2D eigenvalue weighted by molar-refractivity contribution is 0.470. The molecule has 20 heavy (non-hydrogen) atoms. The van der Waals surface area contributed by atoms with E-state index in [0.717, 1.165) is 10.2 Å². The Hall–Kier alpha value is -0.870. The molecule has 2 aromatic heterocycles. The van der Waals surface area contributed by atoms with Crippen LogP contribution in [-0.2, 0) is 0 Å². The fourth-order valence-corrected chi connectivity index (χ4v) is 4.01. The zero-order valence-corrected chi connectivity index (χ0v) is 13.4. The summed E-state index contributed by atoms with van der Waals surface area (Å²) in [5, 5.41) is 5.02. The smallest absolute Gasteiger partial charge is 0.225 e. The summed E-state index contributed by atoms with van der Waals surface area (Å²) in [6.45, 7) is 2.07. The first-order chi connectivity index (χ1) is 9.72. The van der Waals surface area contributed by atoms with Crippen LogP contribution >= 0.6 is 22.9 Å². The minimum atomic E-state index is 0.491. The number of anilines is 1. The summed E-state index contributed by atoms with van der Waals surface area (Å²) in [6, 6.07) is 2.55. The predicted octanol–water partition coefficient (Wildman–Crippen LogP) is 5.18. The summed E-state index contributed by atoms with van der Waals surface area (Å²) in [4.78, 5) is 11.2. The maximum Gasteiger partial charge on any atom is 0.225 e. The van der Waals surface area contributed by atoms with Crippen LogP contribution < -0.4 is 5.32 Å². The summed E-state index contributed by atoms with van der Waals surface area (Å²) in [5.74, 6) is 0.690. The topological polar surface area (TPSA) is 37.8 Å². The van der Waals surface area contributed by atoms with Crippen molar-refractivity contribution in [2.45, 2.75) is 57.9 Å². The van der Waals surface area contributed by atoms with E-state index in [4.69, 9.17) is 11.6 Å². The molecule has 2 aromatic rings. The molecular weight excluding hydrogens is 290 g/mol. The zero-order valence-electron chi connectivity index (χ0n) is 11.8. The second-order valence-electron chi connectivity index (χ2n) is 5.60. The van der Waals surface area contributed by atoms with E-state index >= 15 is 0 Å². The number of hydrogen-bond acceptors (Lipinski definition) is 4. The van der Waals surface area contributed by atoms with Gasteiger partial charge in [-0.3, -0.25) is 0 Å². The largest absolute Gasteiger partial charge is 0.351 e.